The van der Waals surface area contributed by atoms with Gasteiger partial charge < -0.3 is 0 Å². The molecule has 0 saturated heterocycles. The zero-order chi connectivity index (χ0) is 12.4. The number of carbonyl (C=O) groups excluding carboxylic acids is 1. The monoisotopic (exact) mass is 272 g/mol. The summed E-state index contributed by atoms with van der Waals surface area (Å²) in [4.78, 5) is 12.5. The van der Waals surface area contributed by atoms with Gasteiger partial charge in [0.2, 0.25) is 0 Å². The van der Waals surface area contributed by atoms with E-state index >= 15 is 0 Å². The van der Waals surface area contributed by atoms with Crippen LogP contribution >= 0.6 is 22.9 Å². The van der Waals surface area contributed by atoms with Gasteiger partial charge in [0.1, 0.15) is 0 Å². The molecule has 0 aliphatic heterocycles. The van der Waals surface area contributed by atoms with Crippen molar-refractivity contribution in [3.8, 4) is 0 Å². The van der Waals surface area contributed by atoms with Gasteiger partial charge >= 0.3 is 0 Å². The summed E-state index contributed by atoms with van der Waals surface area (Å²) in [5.41, 5.74) is -0.227. The van der Waals surface area contributed by atoms with E-state index in [1.165, 1.54) is 23.5 Å². The highest BCUT2D eigenvalue weighted by atomic mass is 35.5. The van der Waals surface area contributed by atoms with E-state index in [1.54, 1.807) is 12.1 Å². The van der Waals surface area contributed by atoms with E-state index in [9.17, 15) is 13.6 Å². The van der Waals surface area contributed by atoms with Gasteiger partial charge in [0.25, 0.3) is 0 Å². The minimum absolute atomic E-state index is 0.0256. The van der Waals surface area contributed by atoms with Crippen LogP contribution in [0.4, 0.5) is 8.78 Å². The van der Waals surface area contributed by atoms with E-state index < -0.39 is 17.4 Å². The first-order chi connectivity index (χ1) is 8.08. The topological polar surface area (TPSA) is 17.1 Å². The number of thiophene rings is 1. The van der Waals surface area contributed by atoms with Crippen molar-refractivity contribution in [2.24, 2.45) is 0 Å². The van der Waals surface area contributed by atoms with Gasteiger partial charge in [0.05, 0.1) is 9.90 Å². The highest BCUT2D eigenvalue weighted by Gasteiger charge is 2.15. The van der Waals surface area contributed by atoms with Crippen molar-refractivity contribution in [2.75, 3.05) is 0 Å². The SMILES string of the molecule is O=C(Cc1ccc(Cl)s1)c1cccc(F)c1F. The number of hydrogen-bond acceptors (Lipinski definition) is 2. The highest BCUT2D eigenvalue weighted by Crippen LogP contribution is 2.23. The van der Waals surface area contributed by atoms with E-state index in [0.717, 1.165) is 10.9 Å². The Morgan fingerprint density at radius 3 is 2.65 bits per heavy atom. The maximum absolute atomic E-state index is 13.3. The Bertz CT molecular complexity index is 565. The predicted molar refractivity (Wildman–Crippen MR) is 63.7 cm³/mol. The van der Waals surface area contributed by atoms with Crippen molar-refractivity contribution in [2.45, 2.75) is 6.42 Å². The van der Waals surface area contributed by atoms with Crippen molar-refractivity contribution >= 4 is 28.7 Å². The Kier molecular flexibility index (Phi) is 3.54. The Morgan fingerprint density at radius 2 is 2.00 bits per heavy atom. The fraction of sp³-hybridized carbons (Fsp3) is 0.0833. The average molecular weight is 273 g/mol. The molecule has 0 N–H and O–H groups in total. The zero-order valence-electron chi connectivity index (χ0n) is 8.54. The van der Waals surface area contributed by atoms with Gasteiger partial charge in [0.15, 0.2) is 17.4 Å². The molecule has 0 aliphatic carbocycles. The Hall–Kier alpha value is -1.26. The first kappa shape index (κ1) is 12.2. The summed E-state index contributed by atoms with van der Waals surface area (Å²) in [5.74, 6) is -2.57. The number of Topliss-reactive ketones (excluding diaryl/α,β-unsaturated/α-hetero) is 1. The molecule has 0 spiro atoms. The molecule has 5 heteroatoms. The summed E-state index contributed by atoms with van der Waals surface area (Å²) < 4.78 is 26.8. The largest absolute Gasteiger partial charge is 0.294 e. The first-order valence-electron chi connectivity index (χ1n) is 4.79. The molecular formula is C12H7ClF2OS. The van der Waals surface area contributed by atoms with Crippen LogP contribution < -0.4 is 0 Å². The van der Waals surface area contributed by atoms with Crippen LogP contribution in [0.3, 0.4) is 0 Å². The number of rotatable bonds is 3. The van der Waals surface area contributed by atoms with Crippen molar-refractivity contribution in [3.63, 3.8) is 0 Å². The zero-order valence-corrected chi connectivity index (χ0v) is 10.1. The molecule has 1 aromatic carbocycles. The van der Waals surface area contributed by atoms with Crippen LogP contribution in [0, 0.1) is 11.6 Å². The van der Waals surface area contributed by atoms with E-state index in [4.69, 9.17) is 11.6 Å². The van der Waals surface area contributed by atoms with Gasteiger partial charge in [0, 0.05) is 11.3 Å². The lowest BCUT2D eigenvalue weighted by atomic mass is 10.1. The van der Waals surface area contributed by atoms with Crippen molar-refractivity contribution < 1.29 is 13.6 Å². The van der Waals surface area contributed by atoms with Crippen molar-refractivity contribution in [3.05, 3.63) is 56.7 Å². The molecule has 0 bridgehead atoms. The summed E-state index contributed by atoms with van der Waals surface area (Å²) in [6.07, 6.45) is 0.0256. The molecular weight excluding hydrogens is 266 g/mol. The Morgan fingerprint density at radius 1 is 1.24 bits per heavy atom. The minimum Gasteiger partial charge on any atom is -0.294 e. The maximum atomic E-state index is 13.3. The molecule has 0 amide bonds. The normalized spacial score (nSPS) is 10.5. The molecule has 0 aliphatic rings. The maximum Gasteiger partial charge on any atom is 0.171 e. The van der Waals surface area contributed by atoms with Gasteiger partial charge in [-0.15, -0.1) is 11.3 Å². The summed E-state index contributed by atoms with van der Waals surface area (Å²) in [5, 5.41) is 0. The third-order valence-electron chi connectivity index (χ3n) is 2.22. The number of hydrogen-bond donors (Lipinski definition) is 0. The number of carbonyl (C=O) groups is 1. The molecule has 2 rings (SSSR count). The number of benzene rings is 1. The molecule has 88 valence electrons. The minimum atomic E-state index is -1.10. The van der Waals surface area contributed by atoms with Gasteiger partial charge in [-0.05, 0) is 24.3 Å². The molecule has 1 aromatic heterocycles. The molecule has 0 unspecified atom stereocenters. The van der Waals surface area contributed by atoms with E-state index in [1.807, 2.05) is 0 Å². The Labute approximate surface area is 106 Å². The summed E-state index contributed by atoms with van der Waals surface area (Å²) in [7, 11) is 0. The van der Waals surface area contributed by atoms with Crippen LogP contribution in [-0.2, 0) is 6.42 Å². The summed E-state index contributed by atoms with van der Waals surface area (Å²) >= 11 is 6.97. The second-order valence-electron chi connectivity index (χ2n) is 3.41. The molecule has 1 heterocycles. The average Bonchev–Trinajstić information content (AvgIpc) is 2.68. The fourth-order valence-electron chi connectivity index (χ4n) is 1.42. The van der Waals surface area contributed by atoms with Crippen LogP contribution in [-0.4, -0.2) is 5.78 Å². The predicted octanol–water partition coefficient (Wildman–Crippen LogP) is 4.11. The van der Waals surface area contributed by atoms with Crippen LogP contribution in [0.1, 0.15) is 15.2 Å². The molecule has 0 fully saturated rings. The Balaban J connectivity index is 2.23. The van der Waals surface area contributed by atoms with E-state index in [0.29, 0.717) is 4.34 Å². The third kappa shape index (κ3) is 2.70. The number of ketones is 1. The van der Waals surface area contributed by atoms with E-state index in [-0.39, 0.29) is 12.0 Å². The molecule has 2 aromatic rings. The van der Waals surface area contributed by atoms with E-state index in [2.05, 4.69) is 0 Å². The van der Waals surface area contributed by atoms with Crippen molar-refractivity contribution in [1.82, 2.24) is 0 Å². The molecule has 0 atom stereocenters. The number of halogens is 3. The third-order valence-corrected chi connectivity index (χ3v) is 3.45. The second kappa shape index (κ2) is 4.94. The smallest absolute Gasteiger partial charge is 0.171 e. The van der Waals surface area contributed by atoms with Gasteiger partial charge in [-0.2, -0.15) is 0 Å². The first-order valence-corrected chi connectivity index (χ1v) is 5.99. The molecule has 0 saturated carbocycles. The molecule has 17 heavy (non-hydrogen) atoms. The van der Waals surface area contributed by atoms with Crippen LogP contribution in [0.15, 0.2) is 30.3 Å². The lowest BCUT2D eigenvalue weighted by Crippen LogP contribution is -2.06. The van der Waals surface area contributed by atoms with Crippen LogP contribution in [0.5, 0.6) is 0 Å². The van der Waals surface area contributed by atoms with Crippen LogP contribution in [0.25, 0.3) is 0 Å². The molecule has 1 nitrogen and oxygen atoms in total. The van der Waals surface area contributed by atoms with Crippen molar-refractivity contribution in [1.29, 1.82) is 0 Å². The lowest BCUT2D eigenvalue weighted by molar-refractivity contribution is 0.0989. The fourth-order valence-corrected chi connectivity index (χ4v) is 2.51. The quantitative estimate of drug-likeness (QED) is 0.769. The van der Waals surface area contributed by atoms with Gasteiger partial charge in [-0.1, -0.05) is 17.7 Å². The standard InChI is InChI=1S/C12H7ClF2OS/c13-11-5-4-7(17-11)6-10(16)8-2-1-3-9(14)12(8)15/h1-5H,6H2. The second-order valence-corrected chi connectivity index (χ2v) is 5.21. The molecule has 0 radical (unpaired) electrons. The van der Waals surface area contributed by atoms with Gasteiger partial charge in [-0.3, -0.25) is 4.79 Å². The lowest BCUT2D eigenvalue weighted by Gasteiger charge is -2.01. The summed E-state index contributed by atoms with van der Waals surface area (Å²) in [6.45, 7) is 0. The summed E-state index contributed by atoms with van der Waals surface area (Å²) in [6, 6.07) is 6.93. The van der Waals surface area contributed by atoms with Crippen LogP contribution in [0.2, 0.25) is 4.34 Å². The van der Waals surface area contributed by atoms with Gasteiger partial charge in [-0.25, -0.2) is 8.78 Å². The highest BCUT2D eigenvalue weighted by molar-refractivity contribution is 7.16.